The molecule has 1 aromatic rings. The largest absolute Gasteiger partial charge is 0.390 e. The van der Waals surface area contributed by atoms with Gasteiger partial charge in [0.2, 0.25) is 0 Å². The third-order valence-electron chi connectivity index (χ3n) is 2.77. The molecule has 0 aliphatic carbocycles. The molecule has 0 saturated carbocycles. The molecule has 1 aromatic carbocycles. The number of hydrogen-bond donors (Lipinski definition) is 2. The van der Waals surface area contributed by atoms with Gasteiger partial charge in [0.25, 0.3) is 5.69 Å². The minimum Gasteiger partial charge on any atom is -0.390 e. The Morgan fingerprint density at radius 3 is 2.50 bits per heavy atom. The van der Waals surface area contributed by atoms with Crippen molar-refractivity contribution in [2.24, 2.45) is 0 Å². The number of rotatable bonds is 5. The van der Waals surface area contributed by atoms with E-state index in [2.05, 4.69) is 15.9 Å². The molecule has 2 unspecified atom stereocenters. The summed E-state index contributed by atoms with van der Waals surface area (Å²) in [6.07, 6.45) is -1.95. The molecule has 0 aromatic heterocycles. The van der Waals surface area contributed by atoms with Crippen LogP contribution in [-0.2, 0) is 0 Å². The molecule has 1 rings (SSSR count). The Morgan fingerprint density at radius 2 is 2.00 bits per heavy atom. The predicted molar refractivity (Wildman–Crippen MR) is 71.9 cm³/mol. The number of aryl methyl sites for hydroxylation is 2. The number of nitro groups is 1. The van der Waals surface area contributed by atoms with Gasteiger partial charge in [-0.3, -0.25) is 10.1 Å². The van der Waals surface area contributed by atoms with Crippen molar-refractivity contribution in [2.45, 2.75) is 32.5 Å². The first-order valence-corrected chi connectivity index (χ1v) is 6.68. The molecule has 0 heterocycles. The molecule has 0 saturated heterocycles. The maximum atomic E-state index is 11.0. The fourth-order valence-corrected chi connectivity index (χ4v) is 2.42. The van der Waals surface area contributed by atoms with Gasteiger partial charge in [0.05, 0.1) is 16.6 Å². The molecule has 6 heteroatoms. The van der Waals surface area contributed by atoms with E-state index in [1.165, 1.54) is 6.07 Å². The van der Waals surface area contributed by atoms with Crippen LogP contribution in [0.5, 0.6) is 0 Å². The average molecular weight is 318 g/mol. The van der Waals surface area contributed by atoms with Crippen LogP contribution in [0, 0.1) is 24.0 Å². The lowest BCUT2D eigenvalue weighted by molar-refractivity contribution is -0.386. The number of nitro benzene ring substituents is 1. The average Bonchev–Trinajstić information content (AvgIpc) is 2.27. The second kappa shape index (κ2) is 6.26. The van der Waals surface area contributed by atoms with Gasteiger partial charge >= 0.3 is 0 Å². The highest BCUT2D eigenvalue weighted by atomic mass is 79.9. The lowest BCUT2D eigenvalue weighted by Gasteiger charge is -2.19. The highest BCUT2D eigenvalue weighted by Gasteiger charge is 2.28. The SMILES string of the molecule is Cc1cc(C)c(C(O)C(O)CCBr)c([N+](=O)[O-])c1. The van der Waals surface area contributed by atoms with Crippen molar-refractivity contribution in [3.63, 3.8) is 0 Å². The van der Waals surface area contributed by atoms with Crippen molar-refractivity contribution < 1.29 is 15.1 Å². The normalized spacial score (nSPS) is 14.3. The van der Waals surface area contributed by atoms with Gasteiger partial charge < -0.3 is 10.2 Å². The van der Waals surface area contributed by atoms with Crippen molar-refractivity contribution in [1.29, 1.82) is 0 Å². The minimum atomic E-state index is -1.25. The van der Waals surface area contributed by atoms with Crippen LogP contribution in [0.4, 0.5) is 5.69 Å². The van der Waals surface area contributed by atoms with Crippen LogP contribution in [0.2, 0.25) is 0 Å². The van der Waals surface area contributed by atoms with Crippen molar-refractivity contribution in [3.8, 4) is 0 Å². The molecular weight excluding hydrogens is 302 g/mol. The van der Waals surface area contributed by atoms with Gasteiger partial charge in [-0.05, 0) is 31.4 Å². The number of hydrogen-bond acceptors (Lipinski definition) is 4. The van der Waals surface area contributed by atoms with Crippen LogP contribution in [-0.4, -0.2) is 26.6 Å². The number of benzene rings is 1. The van der Waals surface area contributed by atoms with Gasteiger partial charge in [-0.15, -0.1) is 0 Å². The summed E-state index contributed by atoms with van der Waals surface area (Å²) in [5.41, 5.74) is 1.42. The molecule has 0 bridgehead atoms. The topological polar surface area (TPSA) is 83.6 Å². The maximum absolute atomic E-state index is 11.0. The van der Waals surface area contributed by atoms with Crippen molar-refractivity contribution in [3.05, 3.63) is 38.9 Å². The van der Waals surface area contributed by atoms with Crippen LogP contribution in [0.3, 0.4) is 0 Å². The number of aliphatic hydroxyl groups excluding tert-OH is 2. The van der Waals surface area contributed by atoms with E-state index in [0.29, 0.717) is 17.3 Å². The number of nitrogens with zero attached hydrogens (tertiary/aromatic N) is 1. The Labute approximate surface area is 114 Å². The predicted octanol–water partition coefficient (Wildman–Crippen LogP) is 2.39. The molecule has 2 N–H and O–H groups in total. The Hall–Kier alpha value is -0.980. The smallest absolute Gasteiger partial charge is 0.275 e. The van der Waals surface area contributed by atoms with Gasteiger partial charge in [0.1, 0.15) is 6.10 Å². The summed E-state index contributed by atoms with van der Waals surface area (Å²) in [6.45, 7) is 3.45. The third-order valence-corrected chi connectivity index (χ3v) is 3.23. The second-order valence-electron chi connectivity index (χ2n) is 4.26. The summed E-state index contributed by atoms with van der Waals surface area (Å²) in [5, 5.41) is 31.3. The molecule has 0 spiro atoms. The van der Waals surface area contributed by atoms with Gasteiger partial charge in [-0.2, -0.15) is 0 Å². The van der Waals surface area contributed by atoms with Crippen LogP contribution in [0.25, 0.3) is 0 Å². The number of aliphatic hydroxyl groups is 2. The zero-order valence-electron chi connectivity index (χ0n) is 10.3. The number of alkyl halides is 1. The molecule has 0 amide bonds. The molecule has 5 nitrogen and oxygen atoms in total. The third kappa shape index (κ3) is 3.28. The molecule has 18 heavy (non-hydrogen) atoms. The molecule has 0 aliphatic rings. The van der Waals surface area contributed by atoms with Crippen molar-refractivity contribution >= 4 is 21.6 Å². The van der Waals surface area contributed by atoms with E-state index in [1.54, 1.807) is 19.9 Å². The fourth-order valence-electron chi connectivity index (χ4n) is 1.95. The Balaban J connectivity index is 3.25. The highest BCUT2D eigenvalue weighted by molar-refractivity contribution is 9.09. The molecule has 0 aliphatic heterocycles. The number of halogens is 1. The van der Waals surface area contributed by atoms with Gasteiger partial charge in [-0.25, -0.2) is 0 Å². The molecule has 2 atom stereocenters. The van der Waals surface area contributed by atoms with E-state index in [0.717, 1.165) is 5.56 Å². The maximum Gasteiger partial charge on any atom is 0.275 e. The van der Waals surface area contributed by atoms with Crippen LogP contribution < -0.4 is 0 Å². The van der Waals surface area contributed by atoms with Gasteiger partial charge in [0.15, 0.2) is 0 Å². The van der Waals surface area contributed by atoms with E-state index in [9.17, 15) is 20.3 Å². The first-order chi connectivity index (χ1) is 8.38. The Kier molecular flexibility index (Phi) is 5.25. The molecule has 0 radical (unpaired) electrons. The summed E-state index contributed by atoms with van der Waals surface area (Å²) >= 11 is 3.16. The standard InChI is InChI=1S/C12H16BrNO4/c1-7-5-8(2)11(9(6-7)14(17)18)12(16)10(15)3-4-13/h5-6,10,12,15-16H,3-4H2,1-2H3. The highest BCUT2D eigenvalue weighted by Crippen LogP contribution is 2.32. The summed E-state index contributed by atoms with van der Waals surface area (Å²) in [7, 11) is 0. The van der Waals surface area contributed by atoms with E-state index in [4.69, 9.17) is 0 Å². The fraction of sp³-hybridized carbons (Fsp3) is 0.500. The first-order valence-electron chi connectivity index (χ1n) is 5.56. The van der Waals surface area contributed by atoms with E-state index < -0.39 is 17.1 Å². The summed E-state index contributed by atoms with van der Waals surface area (Å²) < 4.78 is 0. The zero-order chi connectivity index (χ0) is 13.9. The van der Waals surface area contributed by atoms with Gasteiger partial charge in [-0.1, -0.05) is 22.0 Å². The lowest BCUT2D eigenvalue weighted by Crippen LogP contribution is -2.20. The molecular formula is C12H16BrNO4. The summed E-state index contributed by atoms with van der Waals surface area (Å²) in [4.78, 5) is 10.5. The quantitative estimate of drug-likeness (QED) is 0.496. The van der Waals surface area contributed by atoms with Crippen LogP contribution >= 0.6 is 15.9 Å². The second-order valence-corrected chi connectivity index (χ2v) is 5.05. The van der Waals surface area contributed by atoms with E-state index in [-0.39, 0.29) is 11.3 Å². The van der Waals surface area contributed by atoms with Gasteiger partial charge in [0, 0.05) is 11.4 Å². The van der Waals surface area contributed by atoms with Crippen LogP contribution in [0.1, 0.15) is 29.2 Å². The van der Waals surface area contributed by atoms with E-state index >= 15 is 0 Å². The van der Waals surface area contributed by atoms with Crippen LogP contribution in [0.15, 0.2) is 12.1 Å². The molecule has 100 valence electrons. The minimum absolute atomic E-state index is 0.145. The Morgan fingerprint density at radius 1 is 1.39 bits per heavy atom. The lowest BCUT2D eigenvalue weighted by atomic mass is 9.95. The Bertz CT molecular complexity index is 450. The van der Waals surface area contributed by atoms with E-state index in [1.807, 2.05) is 0 Å². The monoisotopic (exact) mass is 317 g/mol. The first kappa shape index (κ1) is 15.1. The molecule has 0 fully saturated rings. The zero-order valence-corrected chi connectivity index (χ0v) is 11.8. The van der Waals surface area contributed by atoms with Crippen molar-refractivity contribution in [2.75, 3.05) is 5.33 Å². The summed E-state index contributed by atoms with van der Waals surface area (Å²) in [6, 6.07) is 3.17. The van der Waals surface area contributed by atoms with Crippen molar-refractivity contribution in [1.82, 2.24) is 0 Å². The summed E-state index contributed by atoms with van der Waals surface area (Å²) in [5.74, 6) is 0.